The lowest BCUT2D eigenvalue weighted by Gasteiger charge is -2.25. The Labute approximate surface area is 103 Å². The number of likely N-dealkylation sites (tertiary alicyclic amines) is 1. The Morgan fingerprint density at radius 1 is 1.35 bits per heavy atom. The largest absolute Gasteiger partial charge is 0.356 e. The van der Waals surface area contributed by atoms with Crippen LogP contribution in [-0.4, -0.2) is 72.8 Å². The van der Waals surface area contributed by atoms with Gasteiger partial charge in [0.15, 0.2) is 0 Å². The lowest BCUT2D eigenvalue weighted by Crippen LogP contribution is -2.43. The van der Waals surface area contributed by atoms with Gasteiger partial charge >= 0.3 is 6.03 Å². The Morgan fingerprint density at radius 2 is 2.06 bits per heavy atom. The van der Waals surface area contributed by atoms with Gasteiger partial charge in [0.2, 0.25) is 0 Å². The highest BCUT2D eigenvalue weighted by Crippen LogP contribution is 2.32. The summed E-state index contributed by atoms with van der Waals surface area (Å²) in [6.07, 6.45) is 0.954. The summed E-state index contributed by atoms with van der Waals surface area (Å²) in [5.41, 5.74) is -0.115. The third kappa shape index (κ3) is 2.40. The normalized spacial score (nSPS) is 29.6. The van der Waals surface area contributed by atoms with E-state index in [1.807, 2.05) is 4.90 Å². The summed E-state index contributed by atoms with van der Waals surface area (Å²) >= 11 is 0. The van der Waals surface area contributed by atoms with Crippen LogP contribution in [0, 0.1) is 0 Å². The number of nitrogens with zero attached hydrogens (tertiary/aromatic N) is 3. The molecule has 5 heteroatoms. The molecule has 17 heavy (non-hydrogen) atoms. The van der Waals surface area contributed by atoms with Gasteiger partial charge in [-0.05, 0) is 20.3 Å². The van der Waals surface area contributed by atoms with Crippen molar-refractivity contribution in [2.45, 2.75) is 31.9 Å². The van der Waals surface area contributed by atoms with Crippen LogP contribution in [0.15, 0.2) is 0 Å². The van der Waals surface area contributed by atoms with Gasteiger partial charge in [-0.1, -0.05) is 0 Å². The molecule has 2 fully saturated rings. The summed E-state index contributed by atoms with van der Waals surface area (Å²) < 4.78 is 5.95. The predicted octanol–water partition coefficient (Wildman–Crippen LogP) is 0.811. The van der Waals surface area contributed by atoms with Crippen molar-refractivity contribution in [1.29, 1.82) is 0 Å². The van der Waals surface area contributed by atoms with E-state index in [1.54, 1.807) is 19.0 Å². The first-order chi connectivity index (χ1) is 7.93. The molecule has 0 N–H and O–H groups in total. The van der Waals surface area contributed by atoms with Crippen LogP contribution >= 0.6 is 0 Å². The lowest BCUT2D eigenvalue weighted by molar-refractivity contribution is 0.0115. The first-order valence-electron chi connectivity index (χ1n) is 6.28. The van der Waals surface area contributed by atoms with E-state index in [0.29, 0.717) is 12.8 Å². The number of hydrogen-bond donors (Lipinski definition) is 0. The van der Waals surface area contributed by atoms with E-state index in [0.717, 1.165) is 26.1 Å². The van der Waals surface area contributed by atoms with Gasteiger partial charge in [-0.3, -0.25) is 4.90 Å². The van der Waals surface area contributed by atoms with Crippen molar-refractivity contribution >= 4 is 6.03 Å². The predicted molar refractivity (Wildman–Crippen MR) is 65.8 cm³/mol. The fourth-order valence-corrected chi connectivity index (χ4v) is 2.55. The monoisotopic (exact) mass is 241 g/mol. The van der Waals surface area contributed by atoms with E-state index in [-0.39, 0.29) is 11.6 Å². The minimum absolute atomic E-state index is 0.0912. The fraction of sp³-hybridized carbons (Fsp3) is 0.917. The van der Waals surface area contributed by atoms with Crippen molar-refractivity contribution in [3.8, 4) is 0 Å². The quantitative estimate of drug-likeness (QED) is 0.681. The molecule has 2 rings (SSSR count). The summed E-state index contributed by atoms with van der Waals surface area (Å²) in [5, 5.41) is 0. The third-order valence-electron chi connectivity index (χ3n) is 3.73. The average molecular weight is 241 g/mol. The zero-order valence-corrected chi connectivity index (χ0v) is 11.3. The molecule has 98 valence electrons. The maximum Gasteiger partial charge on any atom is 0.319 e. The van der Waals surface area contributed by atoms with E-state index < -0.39 is 0 Å². The highest BCUT2D eigenvalue weighted by atomic mass is 16.5. The molecule has 1 unspecified atom stereocenters. The summed E-state index contributed by atoms with van der Waals surface area (Å²) in [7, 11) is 3.59. The number of carbonyl (C=O) groups excluding carboxylic acids is 1. The van der Waals surface area contributed by atoms with E-state index >= 15 is 0 Å². The number of ether oxygens (including phenoxy) is 1. The van der Waals surface area contributed by atoms with Crippen molar-refractivity contribution in [2.75, 3.05) is 40.5 Å². The van der Waals surface area contributed by atoms with Crippen LogP contribution in [0.2, 0.25) is 0 Å². The van der Waals surface area contributed by atoms with E-state index in [4.69, 9.17) is 4.74 Å². The summed E-state index contributed by atoms with van der Waals surface area (Å²) in [5.74, 6) is 0. The summed E-state index contributed by atoms with van der Waals surface area (Å²) in [4.78, 5) is 17.7. The molecule has 5 nitrogen and oxygen atoms in total. The number of urea groups is 1. The maximum atomic E-state index is 11.9. The minimum atomic E-state index is -0.115. The van der Waals surface area contributed by atoms with E-state index in [9.17, 15) is 4.79 Å². The Balaban J connectivity index is 1.96. The Morgan fingerprint density at radius 3 is 2.59 bits per heavy atom. The van der Waals surface area contributed by atoms with Gasteiger partial charge in [0.1, 0.15) is 12.3 Å². The molecule has 2 aliphatic rings. The van der Waals surface area contributed by atoms with Gasteiger partial charge in [-0.25, -0.2) is 4.79 Å². The Bertz CT molecular complexity index is 306. The summed E-state index contributed by atoms with van der Waals surface area (Å²) in [6.45, 7) is 7.54. The number of hydrogen-bond acceptors (Lipinski definition) is 3. The molecule has 0 aromatic heterocycles. The van der Waals surface area contributed by atoms with Gasteiger partial charge in [0.05, 0.1) is 6.54 Å². The van der Waals surface area contributed by atoms with Crippen LogP contribution in [0.5, 0.6) is 0 Å². The van der Waals surface area contributed by atoms with Gasteiger partial charge in [-0.15, -0.1) is 0 Å². The molecule has 1 atom stereocenters. The van der Waals surface area contributed by atoms with Gasteiger partial charge in [-0.2, -0.15) is 0 Å². The third-order valence-corrected chi connectivity index (χ3v) is 3.73. The smallest absolute Gasteiger partial charge is 0.319 e. The van der Waals surface area contributed by atoms with Gasteiger partial charge in [0, 0.05) is 33.2 Å². The van der Waals surface area contributed by atoms with Crippen LogP contribution in [0.4, 0.5) is 4.79 Å². The first-order valence-corrected chi connectivity index (χ1v) is 6.28. The van der Waals surface area contributed by atoms with Crippen molar-refractivity contribution in [2.24, 2.45) is 0 Å². The van der Waals surface area contributed by atoms with E-state index in [2.05, 4.69) is 18.7 Å². The molecule has 0 bridgehead atoms. The summed E-state index contributed by atoms with van der Waals surface area (Å²) in [6, 6.07) is 0.599. The minimum Gasteiger partial charge on any atom is -0.356 e. The zero-order valence-electron chi connectivity index (χ0n) is 11.3. The van der Waals surface area contributed by atoms with Gasteiger partial charge < -0.3 is 14.5 Å². The molecule has 0 radical (unpaired) electrons. The molecule has 2 aliphatic heterocycles. The molecule has 0 aromatic rings. The lowest BCUT2D eigenvalue weighted by atomic mass is 10.0. The standard InChI is InChI=1S/C12H23N3O2/c1-10(2)15-8-12(17-9-15)5-6-14(7-12)11(16)13(3)4/h10H,5-9H2,1-4H3. The van der Waals surface area contributed by atoms with Crippen molar-refractivity contribution in [1.82, 2.24) is 14.7 Å². The van der Waals surface area contributed by atoms with Crippen LogP contribution in [0.3, 0.4) is 0 Å². The van der Waals surface area contributed by atoms with E-state index in [1.165, 1.54) is 0 Å². The molecule has 2 amide bonds. The molecule has 0 aliphatic carbocycles. The molecule has 0 aromatic carbocycles. The van der Waals surface area contributed by atoms with Crippen molar-refractivity contribution < 1.29 is 9.53 Å². The topological polar surface area (TPSA) is 36.0 Å². The SMILES string of the molecule is CC(C)N1COC2(CCN(C(=O)N(C)C)C2)C1. The molecule has 2 saturated heterocycles. The maximum absolute atomic E-state index is 11.9. The highest BCUT2D eigenvalue weighted by Gasteiger charge is 2.46. The molecule has 0 saturated carbocycles. The second-order valence-electron chi connectivity index (χ2n) is 5.65. The van der Waals surface area contributed by atoms with Crippen molar-refractivity contribution in [3.05, 3.63) is 0 Å². The first kappa shape index (κ1) is 12.6. The zero-order chi connectivity index (χ0) is 12.6. The molecule has 1 spiro atoms. The second-order valence-corrected chi connectivity index (χ2v) is 5.65. The van der Waals surface area contributed by atoms with Crippen LogP contribution < -0.4 is 0 Å². The van der Waals surface area contributed by atoms with Crippen LogP contribution in [0.25, 0.3) is 0 Å². The average Bonchev–Trinajstić information content (AvgIpc) is 2.86. The number of rotatable bonds is 1. The van der Waals surface area contributed by atoms with Crippen LogP contribution in [0.1, 0.15) is 20.3 Å². The highest BCUT2D eigenvalue weighted by molar-refractivity contribution is 5.74. The fourth-order valence-electron chi connectivity index (χ4n) is 2.55. The molecular weight excluding hydrogens is 218 g/mol. The second kappa shape index (κ2) is 4.46. The van der Waals surface area contributed by atoms with Gasteiger partial charge in [0.25, 0.3) is 0 Å². The Hall–Kier alpha value is -0.810. The number of carbonyl (C=O) groups is 1. The Kier molecular flexibility index (Phi) is 3.32. The van der Waals surface area contributed by atoms with Crippen LogP contribution in [-0.2, 0) is 4.74 Å². The number of amides is 2. The molecular formula is C12H23N3O2. The van der Waals surface area contributed by atoms with Crippen molar-refractivity contribution in [3.63, 3.8) is 0 Å². The molecule has 2 heterocycles.